The van der Waals surface area contributed by atoms with Crippen LogP contribution in [0.3, 0.4) is 0 Å². The predicted octanol–water partition coefficient (Wildman–Crippen LogP) is 3.54. The summed E-state index contributed by atoms with van der Waals surface area (Å²) in [5.74, 6) is -0.689. The summed E-state index contributed by atoms with van der Waals surface area (Å²) >= 11 is 0. The normalized spacial score (nSPS) is 22.5. The van der Waals surface area contributed by atoms with E-state index < -0.39 is 34.7 Å². The van der Waals surface area contributed by atoms with Gasteiger partial charge in [-0.15, -0.1) is 0 Å². The number of fused-ring (bicyclic) bond motifs is 1. The number of sulfonamides is 1. The Bertz CT molecular complexity index is 1480. The van der Waals surface area contributed by atoms with Crippen LogP contribution in [0.25, 0.3) is 22.2 Å². The first-order valence-electron chi connectivity index (χ1n) is 13.4. The standard InChI is InChI=1S/C28H33F3N4O4S/c1-34-24(19-4-2-18(17-36)3-5-19)14-21-8-11-23(15-25(21)34)40(38,39)33-22-9-6-20(7-10-22)27(37)35-13-12-32-26(16-35)28(29,30)31/h2-5,8,11,14-15,20,22,26,32-33,36H,6-7,9-10,12-13,16-17H2,1H3/t20?,22?,26-/m0/s1. The van der Waals surface area contributed by atoms with Gasteiger partial charge in [0.15, 0.2) is 0 Å². The molecule has 3 N–H and O–H groups in total. The van der Waals surface area contributed by atoms with Gasteiger partial charge < -0.3 is 19.9 Å². The van der Waals surface area contributed by atoms with Crippen LogP contribution >= 0.6 is 0 Å². The van der Waals surface area contributed by atoms with Gasteiger partial charge in [-0.2, -0.15) is 13.2 Å². The Hall–Kier alpha value is -2.93. The number of amides is 1. The minimum atomic E-state index is -4.41. The van der Waals surface area contributed by atoms with E-state index in [-0.39, 0.29) is 36.5 Å². The fourth-order valence-electron chi connectivity index (χ4n) is 5.71. The SMILES string of the molecule is Cn1c(-c2ccc(CO)cc2)cc2ccc(S(=O)(=O)NC3CCC(C(=O)N4CCN[C@H](C(F)(F)F)C4)CC3)cc21. The van der Waals surface area contributed by atoms with Crippen LogP contribution < -0.4 is 10.0 Å². The molecule has 1 aliphatic carbocycles. The molecule has 40 heavy (non-hydrogen) atoms. The summed E-state index contributed by atoms with van der Waals surface area (Å²) in [6, 6.07) is 12.4. The predicted molar refractivity (Wildman–Crippen MR) is 145 cm³/mol. The topological polar surface area (TPSA) is 104 Å². The summed E-state index contributed by atoms with van der Waals surface area (Å²) in [7, 11) is -1.96. The van der Waals surface area contributed by atoms with E-state index >= 15 is 0 Å². The highest BCUT2D eigenvalue weighted by Crippen LogP contribution is 2.31. The number of aromatic nitrogens is 1. The maximum Gasteiger partial charge on any atom is 0.405 e. The van der Waals surface area contributed by atoms with Crippen LogP contribution in [0.4, 0.5) is 13.2 Å². The first-order valence-corrected chi connectivity index (χ1v) is 14.9. The van der Waals surface area contributed by atoms with Gasteiger partial charge in [-0.25, -0.2) is 13.1 Å². The van der Waals surface area contributed by atoms with Crippen molar-refractivity contribution in [2.24, 2.45) is 13.0 Å². The van der Waals surface area contributed by atoms with Crippen molar-refractivity contribution in [2.45, 2.75) is 55.4 Å². The summed E-state index contributed by atoms with van der Waals surface area (Å²) in [6.45, 7) is -0.115. The van der Waals surface area contributed by atoms with Gasteiger partial charge in [0.25, 0.3) is 0 Å². The fourth-order valence-corrected chi connectivity index (χ4v) is 7.03. The second-order valence-electron chi connectivity index (χ2n) is 10.7. The van der Waals surface area contributed by atoms with Crippen LogP contribution in [0.1, 0.15) is 31.2 Å². The first kappa shape index (κ1) is 28.6. The summed E-state index contributed by atoms with van der Waals surface area (Å²) in [6.07, 6.45) is -2.70. The van der Waals surface area contributed by atoms with E-state index in [1.54, 1.807) is 18.2 Å². The molecule has 2 heterocycles. The Balaban J connectivity index is 1.23. The number of nitrogens with zero attached hydrogens (tertiary/aromatic N) is 2. The number of carbonyl (C=O) groups is 1. The molecule has 2 aromatic carbocycles. The Morgan fingerprint density at radius 3 is 2.42 bits per heavy atom. The van der Waals surface area contributed by atoms with Crippen LogP contribution in [0.5, 0.6) is 0 Å². The molecule has 3 aromatic rings. The molecule has 5 rings (SSSR count). The smallest absolute Gasteiger partial charge is 0.392 e. The number of hydrogen-bond acceptors (Lipinski definition) is 5. The zero-order chi connectivity index (χ0) is 28.7. The molecule has 0 unspecified atom stereocenters. The molecule has 1 aliphatic heterocycles. The van der Waals surface area contributed by atoms with Gasteiger partial charge in [0, 0.05) is 55.2 Å². The number of aryl methyl sites for hydroxylation is 1. The van der Waals surface area contributed by atoms with Gasteiger partial charge >= 0.3 is 6.18 Å². The third kappa shape index (κ3) is 5.90. The average Bonchev–Trinajstić information content (AvgIpc) is 3.28. The lowest BCUT2D eigenvalue weighted by Gasteiger charge is -2.38. The lowest BCUT2D eigenvalue weighted by atomic mass is 9.85. The van der Waals surface area contributed by atoms with Crippen LogP contribution in [-0.2, 0) is 28.5 Å². The number of halogens is 3. The molecule has 1 saturated heterocycles. The number of piperazine rings is 1. The van der Waals surface area contributed by atoms with Gasteiger partial charge in [-0.1, -0.05) is 30.3 Å². The van der Waals surface area contributed by atoms with E-state index in [1.165, 1.54) is 4.90 Å². The quantitative estimate of drug-likeness (QED) is 0.415. The summed E-state index contributed by atoms with van der Waals surface area (Å²) in [5, 5.41) is 12.6. The molecule has 8 nitrogen and oxygen atoms in total. The van der Waals surface area contributed by atoms with Crippen LogP contribution in [0.15, 0.2) is 53.4 Å². The van der Waals surface area contributed by atoms with Crippen molar-refractivity contribution >= 4 is 26.8 Å². The van der Waals surface area contributed by atoms with Crippen molar-refractivity contribution in [3.05, 3.63) is 54.1 Å². The maximum atomic E-state index is 13.3. The van der Waals surface area contributed by atoms with E-state index in [0.29, 0.717) is 25.7 Å². The number of hydrogen-bond donors (Lipinski definition) is 3. The molecule has 12 heteroatoms. The second kappa shape index (κ2) is 11.2. The van der Waals surface area contributed by atoms with Crippen molar-refractivity contribution in [2.75, 3.05) is 19.6 Å². The van der Waals surface area contributed by atoms with Gasteiger partial charge in [0.2, 0.25) is 15.9 Å². The van der Waals surface area contributed by atoms with Crippen molar-refractivity contribution < 1.29 is 31.5 Å². The van der Waals surface area contributed by atoms with Crippen molar-refractivity contribution in [3.8, 4) is 11.3 Å². The van der Waals surface area contributed by atoms with Crippen molar-refractivity contribution in [3.63, 3.8) is 0 Å². The second-order valence-corrected chi connectivity index (χ2v) is 12.4. The largest absolute Gasteiger partial charge is 0.405 e. The van der Waals surface area contributed by atoms with Crippen LogP contribution in [0, 0.1) is 5.92 Å². The van der Waals surface area contributed by atoms with Gasteiger partial charge in [0.1, 0.15) is 6.04 Å². The Morgan fingerprint density at radius 1 is 1.07 bits per heavy atom. The molecule has 1 atom stereocenters. The highest BCUT2D eigenvalue weighted by atomic mass is 32.2. The van der Waals surface area contributed by atoms with Gasteiger partial charge in [-0.3, -0.25) is 4.79 Å². The number of benzene rings is 2. The minimum absolute atomic E-state index is 0.0416. The molecule has 216 valence electrons. The molecule has 1 aromatic heterocycles. The summed E-state index contributed by atoms with van der Waals surface area (Å²) in [5.41, 5.74) is 3.42. The molecular formula is C28H33F3N4O4S. The highest BCUT2D eigenvalue weighted by molar-refractivity contribution is 7.89. The first-order chi connectivity index (χ1) is 19.0. The maximum absolute atomic E-state index is 13.3. The Morgan fingerprint density at radius 2 is 1.77 bits per heavy atom. The Labute approximate surface area is 231 Å². The minimum Gasteiger partial charge on any atom is -0.392 e. The third-order valence-corrected chi connectivity index (χ3v) is 9.56. The summed E-state index contributed by atoms with van der Waals surface area (Å²) in [4.78, 5) is 14.3. The number of aliphatic hydroxyl groups excluding tert-OH is 1. The summed E-state index contributed by atoms with van der Waals surface area (Å²) < 4.78 is 70.5. The van der Waals surface area contributed by atoms with Crippen molar-refractivity contribution in [1.29, 1.82) is 0 Å². The third-order valence-electron chi connectivity index (χ3n) is 8.04. The Kier molecular flexibility index (Phi) is 7.97. The van der Waals surface area contributed by atoms with E-state index in [0.717, 1.165) is 27.7 Å². The van der Waals surface area contributed by atoms with Crippen LogP contribution in [0.2, 0.25) is 0 Å². The molecular weight excluding hydrogens is 545 g/mol. The molecule has 1 amide bonds. The lowest BCUT2D eigenvalue weighted by molar-refractivity contribution is -0.169. The fraction of sp³-hybridized carbons (Fsp3) is 0.464. The van der Waals surface area contributed by atoms with E-state index in [4.69, 9.17) is 0 Å². The zero-order valence-corrected chi connectivity index (χ0v) is 22.9. The molecule has 0 spiro atoms. The van der Waals surface area contributed by atoms with E-state index in [1.807, 2.05) is 41.9 Å². The molecule has 2 fully saturated rings. The van der Waals surface area contributed by atoms with Crippen molar-refractivity contribution in [1.82, 2.24) is 19.5 Å². The number of nitrogens with one attached hydrogen (secondary N) is 2. The van der Waals surface area contributed by atoms with Crippen LogP contribution in [-0.4, -0.2) is 66.8 Å². The lowest BCUT2D eigenvalue weighted by Crippen LogP contribution is -2.59. The molecule has 0 radical (unpaired) electrons. The van der Waals surface area contributed by atoms with E-state index in [9.17, 15) is 31.5 Å². The van der Waals surface area contributed by atoms with Gasteiger partial charge in [-0.05, 0) is 55.0 Å². The average molecular weight is 579 g/mol. The number of aliphatic hydroxyl groups is 1. The monoisotopic (exact) mass is 578 g/mol. The number of carbonyl (C=O) groups excluding carboxylic acids is 1. The molecule has 2 aliphatic rings. The molecule has 1 saturated carbocycles. The van der Waals surface area contributed by atoms with Gasteiger partial charge in [0.05, 0.1) is 11.5 Å². The number of rotatable bonds is 6. The zero-order valence-electron chi connectivity index (χ0n) is 22.1. The van der Waals surface area contributed by atoms with E-state index in [2.05, 4.69) is 10.0 Å². The molecule has 0 bridgehead atoms. The highest BCUT2D eigenvalue weighted by Gasteiger charge is 2.43. The number of alkyl halides is 3.